The van der Waals surface area contributed by atoms with Gasteiger partial charge in [0, 0.05) is 26.1 Å². The molecule has 0 radical (unpaired) electrons. The summed E-state index contributed by atoms with van der Waals surface area (Å²) in [6, 6.07) is 0. The van der Waals surface area contributed by atoms with Crippen molar-refractivity contribution in [2.75, 3.05) is 145 Å². The summed E-state index contributed by atoms with van der Waals surface area (Å²) in [5.74, 6) is -0.161. The maximum atomic E-state index is 11.7. The first kappa shape index (κ1) is 42.4. The highest BCUT2D eigenvalue weighted by Gasteiger charge is 2.03. The normalized spacial score (nSPS) is 12.2. The minimum Gasteiger partial charge on any atom is -0.379 e. The van der Waals surface area contributed by atoms with Gasteiger partial charge < -0.3 is 57.8 Å². The molecule has 0 bridgehead atoms. The van der Waals surface area contributed by atoms with Crippen LogP contribution in [0.1, 0.15) is 13.3 Å². The first-order chi connectivity index (χ1) is 21.7. The van der Waals surface area contributed by atoms with Gasteiger partial charge in [0.2, 0.25) is 5.91 Å². The van der Waals surface area contributed by atoms with Crippen molar-refractivity contribution in [2.24, 2.45) is 0 Å². The van der Waals surface area contributed by atoms with Crippen LogP contribution < -0.4 is 10.6 Å². The van der Waals surface area contributed by atoms with Crippen LogP contribution in [-0.2, 0) is 57.0 Å². The minimum absolute atomic E-state index is 0.161. The summed E-state index contributed by atoms with van der Waals surface area (Å²) in [4.78, 5) is 21.8. The molecule has 1 unspecified atom stereocenters. The van der Waals surface area contributed by atoms with Crippen LogP contribution in [-0.4, -0.2) is 169 Å². The van der Waals surface area contributed by atoms with Gasteiger partial charge in [0.25, 0.3) is 0 Å². The number of rotatable bonds is 37. The molecule has 0 aliphatic rings. The Hall–Kier alpha value is -1.60. The summed E-state index contributed by atoms with van der Waals surface area (Å²) in [7, 11) is 0. The number of ether oxygens (including phenoxy) is 10. The third kappa shape index (κ3) is 36.6. The lowest BCUT2D eigenvalue weighted by Gasteiger charge is -2.09. The van der Waals surface area contributed by atoms with Gasteiger partial charge in [-0.2, -0.15) is 0 Å². The second-order valence-corrected chi connectivity index (χ2v) is 8.73. The molecule has 260 valence electrons. The fourth-order valence-electron chi connectivity index (χ4n) is 3.03. The molecule has 0 spiro atoms. The smallest absolute Gasteiger partial charge is 0.221 e. The Morgan fingerprint density at radius 3 is 1.25 bits per heavy atom. The molecule has 0 aliphatic heterocycles. The van der Waals surface area contributed by atoms with Crippen LogP contribution in [0.3, 0.4) is 0 Å². The van der Waals surface area contributed by atoms with E-state index in [2.05, 4.69) is 10.6 Å². The molecule has 0 saturated heterocycles. The summed E-state index contributed by atoms with van der Waals surface area (Å²) in [6.45, 7) is 12.7. The average molecular weight is 641 g/mol. The van der Waals surface area contributed by atoms with Crippen LogP contribution >= 0.6 is 0 Å². The van der Waals surface area contributed by atoms with Crippen LogP contribution in [0.4, 0.5) is 0 Å². The number of amides is 1. The van der Waals surface area contributed by atoms with Gasteiger partial charge in [-0.05, 0) is 19.1 Å². The molecule has 15 heteroatoms. The van der Waals surface area contributed by atoms with E-state index in [1.165, 1.54) is 12.2 Å². The molecule has 0 aromatic rings. The average Bonchev–Trinajstić information content (AvgIpc) is 3.02. The molecule has 44 heavy (non-hydrogen) atoms. The Balaban J connectivity index is 3.14. The summed E-state index contributed by atoms with van der Waals surface area (Å²) in [5.41, 5.74) is 0. The molecule has 3 N–H and O–H groups in total. The lowest BCUT2D eigenvalue weighted by atomic mass is 10.3. The molecule has 0 heterocycles. The van der Waals surface area contributed by atoms with E-state index in [1.807, 2.05) is 6.92 Å². The van der Waals surface area contributed by atoms with Crippen molar-refractivity contribution in [3.63, 3.8) is 0 Å². The van der Waals surface area contributed by atoms with Crippen molar-refractivity contribution in [1.29, 1.82) is 0 Å². The van der Waals surface area contributed by atoms with Crippen molar-refractivity contribution < 1.29 is 62.1 Å². The Morgan fingerprint density at radius 2 is 0.909 bits per heavy atom. The molecule has 0 aromatic carbocycles. The van der Waals surface area contributed by atoms with Gasteiger partial charge in [-0.3, -0.25) is 14.9 Å². The second-order valence-electron chi connectivity index (χ2n) is 8.73. The zero-order valence-corrected chi connectivity index (χ0v) is 26.4. The van der Waals surface area contributed by atoms with Gasteiger partial charge in [-0.25, -0.2) is 0 Å². The molecule has 1 amide bonds. The molecule has 0 rings (SSSR count). The van der Waals surface area contributed by atoms with Crippen molar-refractivity contribution in [3.05, 3.63) is 12.2 Å². The van der Waals surface area contributed by atoms with Crippen molar-refractivity contribution in [1.82, 2.24) is 10.6 Å². The number of carbonyl (C=O) groups excluding carboxylic acids is 2. The summed E-state index contributed by atoms with van der Waals surface area (Å²) in [6.07, 6.45) is 2.29. The van der Waals surface area contributed by atoms with Gasteiger partial charge in [-0.1, -0.05) is 0 Å². The maximum Gasteiger partial charge on any atom is 0.221 e. The number of nitrogens with one attached hydrogen (secondary N) is 2. The first-order valence-electron chi connectivity index (χ1n) is 15.3. The number of aliphatic hydroxyl groups is 1. The van der Waals surface area contributed by atoms with Crippen LogP contribution in [0.25, 0.3) is 0 Å². The highest BCUT2D eigenvalue weighted by molar-refractivity contribution is 5.76. The maximum absolute atomic E-state index is 11.7. The molecule has 1 atom stereocenters. The minimum atomic E-state index is -0.958. The molecule has 15 nitrogen and oxygen atoms in total. The van der Waals surface area contributed by atoms with Gasteiger partial charge in [0.1, 0.15) is 12.5 Å². The van der Waals surface area contributed by atoms with Gasteiger partial charge >= 0.3 is 0 Å². The molecule has 0 aromatic heterocycles. The molecule has 0 aliphatic carbocycles. The Labute approximate surface area is 262 Å². The SMILES string of the molecule is CCOCCOCCOCCOCCOCCOCCOCCOCCOCCOCCNC(=O)CCNC(O)/C=C\C=O. The van der Waals surface area contributed by atoms with E-state index in [0.717, 1.165) is 0 Å². The van der Waals surface area contributed by atoms with Gasteiger partial charge in [0.05, 0.1) is 126 Å². The summed E-state index contributed by atoms with van der Waals surface area (Å²) < 4.78 is 54.0. The highest BCUT2D eigenvalue weighted by Crippen LogP contribution is 1.87. The lowest BCUT2D eigenvalue weighted by Crippen LogP contribution is -2.33. The molecular weight excluding hydrogens is 584 g/mol. The van der Waals surface area contributed by atoms with E-state index >= 15 is 0 Å². The summed E-state index contributed by atoms with van der Waals surface area (Å²) >= 11 is 0. The van der Waals surface area contributed by atoms with E-state index in [4.69, 9.17) is 47.4 Å². The van der Waals surface area contributed by atoms with Crippen LogP contribution in [0.2, 0.25) is 0 Å². The van der Waals surface area contributed by atoms with Crippen LogP contribution in [0.5, 0.6) is 0 Å². The third-order valence-electron chi connectivity index (χ3n) is 5.20. The topological polar surface area (TPSA) is 171 Å². The number of aliphatic hydroxyl groups excluding tert-OH is 1. The molecule has 0 fully saturated rings. The van der Waals surface area contributed by atoms with Crippen molar-refractivity contribution >= 4 is 12.2 Å². The number of hydrogen-bond acceptors (Lipinski definition) is 14. The molecule has 0 saturated carbocycles. The second kappa shape index (κ2) is 37.6. The monoisotopic (exact) mass is 640 g/mol. The quantitative estimate of drug-likeness (QED) is 0.0338. The third-order valence-corrected chi connectivity index (χ3v) is 5.20. The number of hydrogen-bond donors (Lipinski definition) is 3. The number of aldehydes is 1. The summed E-state index contributed by atoms with van der Waals surface area (Å²) in [5, 5.41) is 14.8. The van der Waals surface area contributed by atoms with Gasteiger partial charge in [0.15, 0.2) is 0 Å². The number of carbonyl (C=O) groups is 2. The highest BCUT2D eigenvalue weighted by atomic mass is 16.6. The van der Waals surface area contributed by atoms with E-state index < -0.39 is 6.23 Å². The van der Waals surface area contributed by atoms with Crippen molar-refractivity contribution in [2.45, 2.75) is 19.6 Å². The van der Waals surface area contributed by atoms with E-state index in [9.17, 15) is 14.7 Å². The zero-order chi connectivity index (χ0) is 32.0. The van der Waals surface area contributed by atoms with E-state index in [-0.39, 0.29) is 18.9 Å². The Bertz CT molecular complexity index is 632. The van der Waals surface area contributed by atoms with Crippen LogP contribution in [0.15, 0.2) is 12.2 Å². The zero-order valence-electron chi connectivity index (χ0n) is 26.4. The Morgan fingerprint density at radius 1 is 0.568 bits per heavy atom. The van der Waals surface area contributed by atoms with Crippen LogP contribution in [0, 0.1) is 0 Å². The fraction of sp³-hybridized carbons (Fsp3) is 0.862. The van der Waals surface area contributed by atoms with Crippen molar-refractivity contribution in [3.8, 4) is 0 Å². The van der Waals surface area contributed by atoms with E-state index in [0.29, 0.717) is 145 Å². The standard InChI is InChI=1S/C29H56N2O13/c1-2-35-10-11-37-14-15-39-18-19-41-22-23-43-26-27-44-25-24-42-21-20-40-17-16-38-13-12-36-9-7-31-29(34)5-6-30-28(33)4-3-8-32/h3-4,8,28,30,33H,2,5-7,9-27H2,1H3,(H,31,34)/b4-3-. The predicted octanol–water partition coefficient (Wildman–Crippen LogP) is -0.658. The van der Waals surface area contributed by atoms with E-state index in [1.54, 1.807) is 0 Å². The predicted molar refractivity (Wildman–Crippen MR) is 161 cm³/mol. The number of allylic oxidation sites excluding steroid dienone is 1. The van der Waals surface area contributed by atoms with Gasteiger partial charge in [-0.15, -0.1) is 0 Å². The fourth-order valence-corrected chi connectivity index (χ4v) is 3.03. The largest absolute Gasteiger partial charge is 0.379 e. The Kier molecular flexibility index (Phi) is 36.2. The lowest BCUT2D eigenvalue weighted by molar-refractivity contribution is -0.121. The first-order valence-corrected chi connectivity index (χ1v) is 15.3. The molecular formula is C29H56N2O13.